The van der Waals surface area contributed by atoms with E-state index in [0.717, 1.165) is 6.07 Å². The topological polar surface area (TPSA) is 114 Å². The fraction of sp³-hybridized carbons (Fsp3) is 0.533. The Balaban J connectivity index is 2.83. The molecule has 0 aliphatic rings. The third-order valence-electron chi connectivity index (χ3n) is 3.12. The smallest absolute Gasteiger partial charge is 0.337 e. The Labute approximate surface area is 142 Å². The van der Waals surface area contributed by atoms with Crippen LogP contribution in [0.5, 0.6) is 0 Å². The lowest BCUT2D eigenvalue weighted by Crippen LogP contribution is -2.26. The lowest BCUT2D eigenvalue weighted by atomic mass is 10.2. The molecule has 8 nitrogen and oxygen atoms in total. The molecule has 1 aromatic rings. The molecule has 3 N–H and O–H groups in total. The molecule has 0 atom stereocenters. The first-order valence-corrected chi connectivity index (χ1v) is 9.08. The molecular weight excluding hydrogens is 336 g/mol. The molecule has 0 saturated carbocycles. The van der Waals surface area contributed by atoms with Crippen LogP contribution >= 0.6 is 0 Å². The molecule has 0 bridgehead atoms. The van der Waals surface area contributed by atoms with Gasteiger partial charge in [-0.2, -0.15) is 0 Å². The standard InChI is InChI=1S/C15H24N2O6S/c1-3-23-9-4-7-17-24(20,21)12-5-6-14(16-8-10-22-2)13(11-12)15(18)19/h5-6,11,16-17H,3-4,7-10H2,1-2H3,(H,18,19). The second kappa shape index (κ2) is 10.2. The van der Waals surface area contributed by atoms with Gasteiger partial charge in [0, 0.05) is 39.1 Å². The van der Waals surface area contributed by atoms with Crippen LogP contribution < -0.4 is 10.0 Å². The number of ether oxygens (including phenoxy) is 2. The number of carboxylic acid groups (broad SMARTS) is 1. The lowest BCUT2D eigenvalue weighted by molar-refractivity contribution is 0.0697. The second-order valence-electron chi connectivity index (χ2n) is 4.88. The Kier molecular flexibility index (Phi) is 8.69. The Morgan fingerprint density at radius 3 is 2.62 bits per heavy atom. The van der Waals surface area contributed by atoms with Gasteiger partial charge in [-0.15, -0.1) is 0 Å². The minimum absolute atomic E-state index is 0.0893. The van der Waals surface area contributed by atoms with Crippen LogP contribution in [0.3, 0.4) is 0 Å². The number of anilines is 1. The zero-order valence-electron chi connectivity index (χ0n) is 13.9. The SMILES string of the molecule is CCOCCCNS(=O)(=O)c1ccc(NCCOC)c(C(=O)O)c1. The monoisotopic (exact) mass is 360 g/mol. The third kappa shape index (κ3) is 6.44. The Morgan fingerprint density at radius 2 is 2.00 bits per heavy atom. The molecule has 1 aromatic carbocycles. The molecule has 0 aliphatic carbocycles. The minimum atomic E-state index is -3.77. The first-order valence-electron chi connectivity index (χ1n) is 7.60. The van der Waals surface area contributed by atoms with Gasteiger partial charge in [0.2, 0.25) is 10.0 Å². The quantitative estimate of drug-likeness (QED) is 0.479. The molecule has 0 unspecified atom stereocenters. The van der Waals surface area contributed by atoms with Gasteiger partial charge in [0.1, 0.15) is 0 Å². The highest BCUT2D eigenvalue weighted by Crippen LogP contribution is 2.20. The minimum Gasteiger partial charge on any atom is -0.478 e. The van der Waals surface area contributed by atoms with Gasteiger partial charge in [0.25, 0.3) is 0 Å². The van der Waals surface area contributed by atoms with E-state index in [2.05, 4.69) is 10.0 Å². The van der Waals surface area contributed by atoms with E-state index < -0.39 is 16.0 Å². The van der Waals surface area contributed by atoms with Gasteiger partial charge < -0.3 is 19.9 Å². The van der Waals surface area contributed by atoms with Crippen molar-refractivity contribution in [3.05, 3.63) is 23.8 Å². The Morgan fingerprint density at radius 1 is 1.25 bits per heavy atom. The number of carbonyl (C=O) groups is 1. The molecule has 0 spiro atoms. The van der Waals surface area contributed by atoms with E-state index in [1.165, 1.54) is 19.2 Å². The first kappa shape index (κ1) is 20.4. The summed E-state index contributed by atoms with van der Waals surface area (Å²) in [5.41, 5.74) is 0.234. The molecule has 0 amide bonds. The number of carboxylic acids is 1. The normalized spacial score (nSPS) is 11.4. The summed E-state index contributed by atoms with van der Waals surface area (Å²) in [4.78, 5) is 11.3. The van der Waals surface area contributed by atoms with Crippen LogP contribution in [0.25, 0.3) is 0 Å². The van der Waals surface area contributed by atoms with Crippen molar-refractivity contribution in [2.24, 2.45) is 0 Å². The van der Waals surface area contributed by atoms with Gasteiger partial charge in [-0.3, -0.25) is 0 Å². The van der Waals surface area contributed by atoms with Crippen LogP contribution in [0.15, 0.2) is 23.1 Å². The maximum atomic E-state index is 12.2. The van der Waals surface area contributed by atoms with Crippen molar-refractivity contribution < 1.29 is 27.8 Å². The highest BCUT2D eigenvalue weighted by Gasteiger charge is 2.18. The van der Waals surface area contributed by atoms with Gasteiger partial charge in [-0.05, 0) is 31.5 Å². The largest absolute Gasteiger partial charge is 0.478 e. The Bertz CT molecular complexity index is 633. The number of benzene rings is 1. The number of nitrogens with one attached hydrogen (secondary N) is 2. The number of hydrogen-bond donors (Lipinski definition) is 3. The van der Waals surface area contributed by atoms with E-state index >= 15 is 0 Å². The zero-order chi connectivity index (χ0) is 18.0. The predicted molar refractivity (Wildman–Crippen MR) is 90.1 cm³/mol. The van der Waals surface area contributed by atoms with Gasteiger partial charge in [0.15, 0.2) is 0 Å². The number of rotatable bonds is 12. The molecule has 0 aromatic heterocycles. The summed E-state index contributed by atoms with van der Waals surface area (Å²) in [6, 6.07) is 3.95. The maximum Gasteiger partial charge on any atom is 0.337 e. The second-order valence-corrected chi connectivity index (χ2v) is 6.65. The summed E-state index contributed by atoms with van der Waals surface area (Å²) in [7, 11) is -2.23. The van der Waals surface area contributed by atoms with Crippen molar-refractivity contribution in [2.45, 2.75) is 18.2 Å². The molecule has 0 fully saturated rings. The fourth-order valence-electron chi connectivity index (χ4n) is 1.92. The highest BCUT2D eigenvalue weighted by atomic mass is 32.2. The van der Waals surface area contributed by atoms with Crippen molar-refractivity contribution in [2.75, 3.05) is 45.3 Å². The van der Waals surface area contributed by atoms with Crippen molar-refractivity contribution in [1.82, 2.24) is 4.72 Å². The number of methoxy groups -OCH3 is 1. The van der Waals surface area contributed by atoms with E-state index in [1.807, 2.05) is 6.92 Å². The van der Waals surface area contributed by atoms with Crippen LogP contribution in [-0.2, 0) is 19.5 Å². The van der Waals surface area contributed by atoms with Crippen LogP contribution in [0.4, 0.5) is 5.69 Å². The summed E-state index contributed by atoms with van der Waals surface area (Å²) < 4.78 is 36.9. The summed E-state index contributed by atoms with van der Waals surface area (Å²) >= 11 is 0. The number of hydrogen-bond acceptors (Lipinski definition) is 6. The maximum absolute atomic E-state index is 12.2. The molecule has 0 heterocycles. The van der Waals surface area contributed by atoms with E-state index in [-0.39, 0.29) is 17.0 Å². The van der Waals surface area contributed by atoms with E-state index in [1.54, 1.807) is 0 Å². The lowest BCUT2D eigenvalue weighted by Gasteiger charge is -2.12. The van der Waals surface area contributed by atoms with Crippen LogP contribution in [-0.4, -0.2) is 59.5 Å². The summed E-state index contributed by atoms with van der Waals surface area (Å²) in [6.07, 6.45) is 0.537. The molecule has 0 radical (unpaired) electrons. The average molecular weight is 360 g/mol. The summed E-state index contributed by atoms with van der Waals surface area (Å²) in [5, 5.41) is 12.2. The molecule has 9 heteroatoms. The van der Waals surface area contributed by atoms with Crippen molar-refractivity contribution in [3.8, 4) is 0 Å². The molecular formula is C15H24N2O6S. The van der Waals surface area contributed by atoms with Crippen molar-refractivity contribution in [3.63, 3.8) is 0 Å². The van der Waals surface area contributed by atoms with Gasteiger partial charge in [0.05, 0.1) is 17.1 Å². The Hall–Kier alpha value is -1.68. The molecule has 136 valence electrons. The van der Waals surface area contributed by atoms with Crippen LogP contribution in [0.2, 0.25) is 0 Å². The van der Waals surface area contributed by atoms with Gasteiger partial charge in [-0.1, -0.05) is 0 Å². The fourth-order valence-corrected chi connectivity index (χ4v) is 3.02. The van der Waals surface area contributed by atoms with E-state index in [4.69, 9.17) is 9.47 Å². The van der Waals surface area contributed by atoms with Crippen molar-refractivity contribution in [1.29, 1.82) is 0 Å². The van der Waals surface area contributed by atoms with Crippen molar-refractivity contribution >= 4 is 21.7 Å². The van der Waals surface area contributed by atoms with E-state index in [9.17, 15) is 18.3 Å². The number of aromatic carboxylic acids is 1. The summed E-state index contributed by atoms with van der Waals surface area (Å²) in [6.45, 7) is 3.94. The van der Waals surface area contributed by atoms with Gasteiger partial charge >= 0.3 is 5.97 Å². The molecule has 1 rings (SSSR count). The molecule has 0 aliphatic heterocycles. The van der Waals surface area contributed by atoms with Crippen LogP contribution in [0.1, 0.15) is 23.7 Å². The zero-order valence-corrected chi connectivity index (χ0v) is 14.7. The van der Waals surface area contributed by atoms with Crippen LogP contribution in [0, 0.1) is 0 Å². The molecule has 24 heavy (non-hydrogen) atoms. The van der Waals surface area contributed by atoms with E-state index in [0.29, 0.717) is 38.5 Å². The molecule has 0 saturated heterocycles. The van der Waals surface area contributed by atoms with Gasteiger partial charge in [-0.25, -0.2) is 17.9 Å². The predicted octanol–water partition coefficient (Wildman–Crippen LogP) is 1.15. The number of sulfonamides is 1. The first-order chi connectivity index (χ1) is 11.4. The third-order valence-corrected chi connectivity index (χ3v) is 4.57. The highest BCUT2D eigenvalue weighted by molar-refractivity contribution is 7.89. The average Bonchev–Trinajstić information content (AvgIpc) is 2.54. The summed E-state index contributed by atoms with van der Waals surface area (Å²) in [5.74, 6) is -1.21.